The number of amides is 2. The van der Waals surface area contributed by atoms with Gasteiger partial charge in [0.1, 0.15) is 12.4 Å². The van der Waals surface area contributed by atoms with Crippen molar-refractivity contribution < 1.29 is 19.1 Å². The molecule has 0 spiro atoms. The first-order chi connectivity index (χ1) is 16.1. The Morgan fingerprint density at radius 2 is 1.67 bits per heavy atom. The normalized spacial score (nSPS) is 18.2. The fourth-order valence-corrected chi connectivity index (χ4v) is 5.07. The van der Waals surface area contributed by atoms with Gasteiger partial charge in [-0.2, -0.15) is 0 Å². The van der Waals surface area contributed by atoms with Gasteiger partial charge in [0.15, 0.2) is 0 Å². The molecule has 0 aromatic heterocycles. The lowest BCUT2D eigenvalue weighted by molar-refractivity contribution is -0.142. The topological polar surface area (TPSA) is 67.9 Å². The van der Waals surface area contributed by atoms with E-state index in [1.165, 1.54) is 12.8 Å². The highest BCUT2D eigenvalue weighted by molar-refractivity contribution is 5.89. The molecule has 0 bridgehead atoms. The van der Waals surface area contributed by atoms with Crippen LogP contribution in [0.25, 0.3) is 0 Å². The van der Waals surface area contributed by atoms with Gasteiger partial charge in [0.05, 0.1) is 18.6 Å². The third-order valence-corrected chi connectivity index (χ3v) is 7.11. The number of hydrogen-bond donors (Lipinski definition) is 1. The van der Waals surface area contributed by atoms with Gasteiger partial charge in [-0.25, -0.2) is 0 Å². The van der Waals surface area contributed by atoms with E-state index in [9.17, 15) is 9.59 Å². The number of carbonyl (C=O) groups excluding carboxylic acids is 2. The zero-order valence-corrected chi connectivity index (χ0v) is 19.4. The molecule has 2 aromatic rings. The summed E-state index contributed by atoms with van der Waals surface area (Å²) in [5.74, 6) is 0.779. The molecule has 1 heterocycles. The number of likely N-dealkylation sites (tertiary alicyclic amines) is 1. The summed E-state index contributed by atoms with van der Waals surface area (Å²) < 4.78 is 11.3. The second kappa shape index (κ2) is 10.8. The van der Waals surface area contributed by atoms with Crippen LogP contribution >= 0.6 is 0 Å². The van der Waals surface area contributed by atoms with Gasteiger partial charge in [0.2, 0.25) is 11.8 Å². The maximum atomic E-state index is 13.6. The maximum absolute atomic E-state index is 13.6. The zero-order valence-electron chi connectivity index (χ0n) is 19.4. The van der Waals surface area contributed by atoms with Gasteiger partial charge >= 0.3 is 0 Å². The summed E-state index contributed by atoms with van der Waals surface area (Å²) >= 11 is 0. The van der Waals surface area contributed by atoms with Crippen LogP contribution in [0, 0.1) is 0 Å². The van der Waals surface area contributed by atoms with E-state index in [1.807, 2.05) is 59.5 Å². The van der Waals surface area contributed by atoms with Gasteiger partial charge in [-0.1, -0.05) is 61.4 Å². The number of benzene rings is 2. The van der Waals surface area contributed by atoms with Crippen molar-refractivity contribution in [1.82, 2.24) is 10.2 Å². The average molecular weight is 451 g/mol. The van der Waals surface area contributed by atoms with E-state index >= 15 is 0 Å². The van der Waals surface area contributed by atoms with Crippen LogP contribution < -0.4 is 10.1 Å². The molecular weight excluding hydrogens is 416 g/mol. The number of piperidine rings is 1. The average Bonchev–Trinajstić information content (AvgIpc) is 3.40. The molecule has 1 aliphatic heterocycles. The Morgan fingerprint density at radius 3 is 2.36 bits per heavy atom. The fourth-order valence-electron chi connectivity index (χ4n) is 5.07. The monoisotopic (exact) mass is 450 g/mol. The van der Waals surface area contributed by atoms with E-state index in [0.717, 1.165) is 29.7 Å². The van der Waals surface area contributed by atoms with Gasteiger partial charge in [-0.3, -0.25) is 9.59 Å². The first kappa shape index (κ1) is 23.3. The molecule has 1 aliphatic carbocycles. The van der Waals surface area contributed by atoms with Crippen LogP contribution in [0.4, 0.5) is 0 Å². The van der Waals surface area contributed by atoms with Crippen molar-refractivity contribution in [3.63, 3.8) is 0 Å². The largest absolute Gasteiger partial charge is 0.496 e. The van der Waals surface area contributed by atoms with Gasteiger partial charge in [-0.15, -0.1) is 0 Å². The van der Waals surface area contributed by atoms with Crippen LogP contribution in [0.2, 0.25) is 0 Å². The summed E-state index contributed by atoms with van der Waals surface area (Å²) in [5.41, 5.74) is 1.27. The molecule has 2 aliphatic rings. The molecule has 2 fully saturated rings. The number of methoxy groups -OCH3 is 1. The number of ether oxygens (including phenoxy) is 2. The summed E-state index contributed by atoms with van der Waals surface area (Å²) in [6.45, 7) is 1.63. The summed E-state index contributed by atoms with van der Waals surface area (Å²) in [6, 6.07) is 17.6. The molecule has 6 heteroatoms. The van der Waals surface area contributed by atoms with E-state index < -0.39 is 5.41 Å². The second-order valence-electron chi connectivity index (χ2n) is 9.04. The molecule has 0 unspecified atom stereocenters. The molecule has 1 saturated heterocycles. The fraction of sp³-hybridized carbons (Fsp3) is 0.481. The number of para-hydroxylation sites is 1. The zero-order chi connectivity index (χ0) is 23.1. The van der Waals surface area contributed by atoms with Gasteiger partial charge < -0.3 is 19.7 Å². The number of carbonyl (C=O) groups is 2. The number of nitrogens with one attached hydrogen (secondary N) is 1. The predicted molar refractivity (Wildman–Crippen MR) is 127 cm³/mol. The Bertz CT molecular complexity index is 932. The molecule has 1 saturated carbocycles. The first-order valence-electron chi connectivity index (χ1n) is 12.0. The van der Waals surface area contributed by atoms with Crippen LogP contribution in [-0.2, 0) is 26.3 Å². The molecule has 2 aromatic carbocycles. The number of nitrogens with zero attached hydrogens (tertiary/aromatic N) is 1. The van der Waals surface area contributed by atoms with Crippen molar-refractivity contribution in [2.75, 3.05) is 26.8 Å². The molecule has 1 N–H and O–H groups in total. The highest BCUT2D eigenvalue weighted by atomic mass is 16.5. The quantitative estimate of drug-likeness (QED) is 0.664. The molecule has 6 nitrogen and oxygen atoms in total. The van der Waals surface area contributed by atoms with Crippen molar-refractivity contribution in [1.29, 1.82) is 0 Å². The molecule has 4 rings (SSSR count). The van der Waals surface area contributed by atoms with E-state index in [1.54, 1.807) is 7.11 Å². The minimum Gasteiger partial charge on any atom is -0.496 e. The second-order valence-corrected chi connectivity index (χ2v) is 9.04. The highest BCUT2D eigenvalue weighted by Crippen LogP contribution is 2.36. The third-order valence-electron chi connectivity index (χ3n) is 7.11. The lowest BCUT2D eigenvalue weighted by Gasteiger charge is -2.41. The molecule has 2 amide bonds. The maximum Gasteiger partial charge on any atom is 0.248 e. The molecule has 33 heavy (non-hydrogen) atoms. The molecule has 0 radical (unpaired) electrons. The van der Waals surface area contributed by atoms with E-state index in [4.69, 9.17) is 9.47 Å². The van der Waals surface area contributed by atoms with E-state index in [2.05, 4.69) is 5.32 Å². The van der Waals surface area contributed by atoms with Gasteiger partial charge in [-0.05, 0) is 37.3 Å². The highest BCUT2D eigenvalue weighted by Gasteiger charge is 2.43. The summed E-state index contributed by atoms with van der Waals surface area (Å²) in [6.07, 6.45) is 5.88. The van der Waals surface area contributed by atoms with Gasteiger partial charge in [0.25, 0.3) is 0 Å². The van der Waals surface area contributed by atoms with Crippen molar-refractivity contribution >= 4 is 11.8 Å². The van der Waals surface area contributed by atoms with Crippen molar-refractivity contribution in [3.8, 4) is 5.75 Å². The van der Waals surface area contributed by atoms with Gasteiger partial charge in [0, 0.05) is 25.2 Å². The smallest absolute Gasteiger partial charge is 0.248 e. The lowest BCUT2D eigenvalue weighted by Crippen LogP contribution is -2.53. The lowest BCUT2D eigenvalue weighted by atomic mass is 9.72. The first-order valence-corrected chi connectivity index (χ1v) is 12.0. The third kappa shape index (κ3) is 5.38. The van der Waals surface area contributed by atoms with Crippen LogP contribution in [0.1, 0.15) is 49.7 Å². The summed E-state index contributed by atoms with van der Waals surface area (Å²) in [4.78, 5) is 28.2. The van der Waals surface area contributed by atoms with Crippen molar-refractivity contribution in [2.45, 2.75) is 56.6 Å². The minimum atomic E-state index is -0.660. The Labute approximate surface area is 196 Å². The van der Waals surface area contributed by atoms with Crippen molar-refractivity contribution in [2.24, 2.45) is 0 Å². The van der Waals surface area contributed by atoms with Crippen molar-refractivity contribution in [3.05, 3.63) is 65.7 Å². The predicted octanol–water partition coefficient (Wildman–Crippen LogP) is 3.83. The Hall–Kier alpha value is -2.86. The SMILES string of the molecule is COc1ccccc1CNC(=O)C1(c2ccccc2)CCN(C(=O)COC2CCCC2)CC1. The van der Waals surface area contributed by atoms with E-state index in [0.29, 0.717) is 32.5 Å². The van der Waals surface area contributed by atoms with Crippen LogP contribution in [0.15, 0.2) is 54.6 Å². The summed E-state index contributed by atoms with van der Waals surface area (Å²) in [7, 11) is 1.63. The summed E-state index contributed by atoms with van der Waals surface area (Å²) in [5, 5.41) is 3.14. The Balaban J connectivity index is 1.42. The molecule has 0 atom stereocenters. The van der Waals surface area contributed by atoms with Crippen LogP contribution in [0.5, 0.6) is 5.75 Å². The molecule has 176 valence electrons. The van der Waals surface area contributed by atoms with Crippen LogP contribution in [-0.4, -0.2) is 49.6 Å². The number of hydrogen-bond acceptors (Lipinski definition) is 4. The van der Waals surface area contributed by atoms with Crippen LogP contribution in [0.3, 0.4) is 0 Å². The standard InChI is InChI=1S/C27H34N2O4/c1-32-24-14-8-5-9-21(24)19-28-26(31)27(22-10-3-2-4-11-22)15-17-29(18-16-27)25(30)20-33-23-12-6-7-13-23/h2-5,8-11,14,23H,6-7,12-13,15-20H2,1H3,(H,28,31). The van der Waals surface area contributed by atoms with E-state index in [-0.39, 0.29) is 24.5 Å². The number of rotatable bonds is 8. The Morgan fingerprint density at radius 1 is 1.00 bits per heavy atom. The molecular formula is C27H34N2O4. The Kier molecular flexibility index (Phi) is 7.65. The minimum absolute atomic E-state index is 0.00564.